The van der Waals surface area contributed by atoms with Gasteiger partial charge in [-0.1, -0.05) is 140 Å². The fraction of sp³-hybridized carbons (Fsp3) is 0.0345. The fourth-order valence-electron chi connectivity index (χ4n) is 9.14. The van der Waals surface area contributed by atoms with Gasteiger partial charge < -0.3 is 14.4 Å². The van der Waals surface area contributed by atoms with Gasteiger partial charge in [-0.25, -0.2) is 0 Å². The van der Waals surface area contributed by atoms with Crippen LogP contribution in [-0.4, -0.2) is 4.57 Å². The highest BCUT2D eigenvalue weighted by Crippen LogP contribution is 2.42. The van der Waals surface area contributed by atoms with Crippen molar-refractivity contribution in [2.45, 2.75) is 12.3 Å². The average molecular weight is 782 g/mol. The molecule has 61 heavy (non-hydrogen) atoms. The van der Waals surface area contributed by atoms with Gasteiger partial charge in [-0.2, -0.15) is 0 Å². The lowest BCUT2D eigenvalue weighted by Crippen LogP contribution is -2.10. The zero-order valence-electron chi connectivity index (χ0n) is 33.7. The normalized spacial score (nSPS) is 13.3. The predicted octanol–water partition coefficient (Wildman–Crippen LogP) is 15.7. The van der Waals surface area contributed by atoms with E-state index in [4.69, 9.17) is 0 Å². The Morgan fingerprint density at radius 2 is 0.869 bits per heavy atom. The summed E-state index contributed by atoms with van der Waals surface area (Å²) >= 11 is 0. The standard InChI is InChI=1S/C58H43N3/c1-5-17-48(18-6-1)59(49-19-7-2-8-20-49)52-32-25-43(26-33-52)46-30-37-57-55(40-46)56-41-47(31-38-58(56)61(57)54-36-29-42-15-13-14-16-45(42)39-54)44-27-34-53(35-28-44)60(50-21-9-3-10-22-50)51-23-11-4-12-24-51/h1-40,47H,41H2. The summed E-state index contributed by atoms with van der Waals surface area (Å²) in [5.41, 5.74) is 15.6. The van der Waals surface area contributed by atoms with E-state index in [1.165, 1.54) is 55.3 Å². The molecule has 0 bridgehead atoms. The molecule has 3 nitrogen and oxygen atoms in total. The maximum absolute atomic E-state index is 2.47. The third kappa shape index (κ3) is 6.86. The summed E-state index contributed by atoms with van der Waals surface area (Å²) in [6, 6.07) is 83.1. The molecule has 3 heteroatoms. The lowest BCUT2D eigenvalue weighted by Gasteiger charge is -2.26. The molecule has 1 atom stereocenters. The van der Waals surface area contributed by atoms with Crippen molar-refractivity contribution in [1.82, 2.24) is 4.57 Å². The van der Waals surface area contributed by atoms with Gasteiger partial charge >= 0.3 is 0 Å². The van der Waals surface area contributed by atoms with E-state index in [1.807, 2.05) is 0 Å². The highest BCUT2D eigenvalue weighted by Gasteiger charge is 2.25. The first-order valence-electron chi connectivity index (χ1n) is 21.1. The highest BCUT2D eigenvalue weighted by atomic mass is 15.1. The van der Waals surface area contributed by atoms with Gasteiger partial charge in [0.25, 0.3) is 0 Å². The van der Waals surface area contributed by atoms with E-state index in [1.54, 1.807) is 0 Å². The molecule has 0 saturated heterocycles. The van der Waals surface area contributed by atoms with Crippen molar-refractivity contribution in [1.29, 1.82) is 0 Å². The summed E-state index contributed by atoms with van der Waals surface area (Å²) in [4.78, 5) is 4.64. The lowest BCUT2D eigenvalue weighted by atomic mass is 9.86. The Kier molecular flexibility index (Phi) is 9.33. The van der Waals surface area contributed by atoms with Crippen molar-refractivity contribution >= 4 is 61.9 Å². The van der Waals surface area contributed by atoms with E-state index < -0.39 is 0 Å². The zero-order chi connectivity index (χ0) is 40.5. The number of allylic oxidation sites excluding steroid dienone is 1. The summed E-state index contributed by atoms with van der Waals surface area (Å²) in [6.07, 6.45) is 5.68. The van der Waals surface area contributed by atoms with Crippen molar-refractivity contribution in [3.63, 3.8) is 0 Å². The molecule has 1 aliphatic carbocycles. The van der Waals surface area contributed by atoms with Gasteiger partial charge in [0, 0.05) is 56.8 Å². The Balaban J connectivity index is 0.976. The van der Waals surface area contributed by atoms with E-state index in [9.17, 15) is 0 Å². The number of aromatic nitrogens is 1. The van der Waals surface area contributed by atoms with Crippen LogP contribution in [0, 0.1) is 0 Å². The second kappa shape index (κ2) is 15.7. The summed E-state index contributed by atoms with van der Waals surface area (Å²) in [6.45, 7) is 0. The number of benzene rings is 9. The molecule has 1 aliphatic rings. The molecule has 10 aromatic rings. The van der Waals surface area contributed by atoms with Crippen LogP contribution in [0.1, 0.15) is 22.7 Å². The third-order valence-electron chi connectivity index (χ3n) is 12.1. The SMILES string of the molecule is C1=CC(c2ccc(N(c3ccccc3)c3ccccc3)cc2)Cc2c1n(-c1ccc3ccccc3c1)c1ccc(-c3ccc(N(c4ccccc4)c4ccccc4)cc3)cc21. The molecule has 0 saturated carbocycles. The van der Waals surface area contributed by atoms with Crippen LogP contribution < -0.4 is 9.80 Å². The van der Waals surface area contributed by atoms with E-state index in [0.29, 0.717) is 0 Å². The second-order valence-electron chi connectivity index (χ2n) is 15.8. The fourth-order valence-corrected chi connectivity index (χ4v) is 9.14. The number of hydrogen-bond acceptors (Lipinski definition) is 2. The molecule has 290 valence electrons. The minimum absolute atomic E-state index is 0.240. The van der Waals surface area contributed by atoms with Gasteiger partial charge in [0.15, 0.2) is 0 Å². The van der Waals surface area contributed by atoms with Gasteiger partial charge in [0.2, 0.25) is 0 Å². The largest absolute Gasteiger partial charge is 0.311 e. The monoisotopic (exact) mass is 781 g/mol. The van der Waals surface area contributed by atoms with Crippen LogP contribution in [0.3, 0.4) is 0 Å². The maximum atomic E-state index is 2.47. The molecule has 0 N–H and O–H groups in total. The molecule has 11 rings (SSSR count). The van der Waals surface area contributed by atoms with Crippen molar-refractivity contribution in [2.75, 3.05) is 9.80 Å². The molecule has 0 amide bonds. The Morgan fingerprint density at radius 1 is 0.393 bits per heavy atom. The van der Waals surface area contributed by atoms with Gasteiger partial charge in [0.1, 0.15) is 0 Å². The predicted molar refractivity (Wildman–Crippen MR) is 258 cm³/mol. The first-order valence-corrected chi connectivity index (χ1v) is 21.1. The minimum Gasteiger partial charge on any atom is -0.311 e. The molecule has 0 radical (unpaired) electrons. The van der Waals surface area contributed by atoms with Gasteiger partial charge in [-0.3, -0.25) is 0 Å². The first-order chi connectivity index (χ1) is 30.2. The molecule has 1 heterocycles. The van der Waals surface area contributed by atoms with Crippen molar-refractivity contribution in [2.24, 2.45) is 0 Å². The molecule has 1 unspecified atom stereocenters. The summed E-state index contributed by atoms with van der Waals surface area (Å²) in [5.74, 6) is 0.240. The molecule has 1 aromatic heterocycles. The Morgan fingerprint density at radius 3 is 1.43 bits per heavy atom. The van der Waals surface area contributed by atoms with Crippen LogP contribution in [0.15, 0.2) is 237 Å². The number of anilines is 6. The van der Waals surface area contributed by atoms with Gasteiger partial charge in [-0.15, -0.1) is 0 Å². The average Bonchev–Trinajstić information content (AvgIpc) is 3.66. The first kappa shape index (κ1) is 36.2. The van der Waals surface area contributed by atoms with Crippen LogP contribution >= 0.6 is 0 Å². The van der Waals surface area contributed by atoms with Crippen LogP contribution in [0.4, 0.5) is 34.1 Å². The number of para-hydroxylation sites is 4. The second-order valence-corrected chi connectivity index (χ2v) is 15.8. The Hall–Kier alpha value is -7.88. The van der Waals surface area contributed by atoms with Gasteiger partial charge in [-0.05, 0) is 143 Å². The van der Waals surface area contributed by atoms with Crippen LogP contribution in [0.2, 0.25) is 0 Å². The van der Waals surface area contributed by atoms with Gasteiger partial charge in [0.05, 0.1) is 5.52 Å². The molecular weight excluding hydrogens is 739 g/mol. The third-order valence-corrected chi connectivity index (χ3v) is 12.1. The number of fused-ring (bicyclic) bond motifs is 4. The van der Waals surface area contributed by atoms with Crippen molar-refractivity contribution < 1.29 is 0 Å². The number of rotatable bonds is 9. The van der Waals surface area contributed by atoms with E-state index in [-0.39, 0.29) is 5.92 Å². The summed E-state index contributed by atoms with van der Waals surface area (Å²) < 4.78 is 2.47. The Labute approximate surface area is 357 Å². The van der Waals surface area contributed by atoms with E-state index in [2.05, 4.69) is 257 Å². The molecule has 0 aliphatic heterocycles. The number of nitrogens with zero attached hydrogens (tertiary/aromatic N) is 3. The van der Waals surface area contributed by atoms with Crippen LogP contribution in [-0.2, 0) is 6.42 Å². The molecule has 0 fully saturated rings. The van der Waals surface area contributed by atoms with E-state index >= 15 is 0 Å². The van der Waals surface area contributed by atoms with E-state index in [0.717, 1.165) is 40.5 Å². The quantitative estimate of drug-likeness (QED) is 0.144. The van der Waals surface area contributed by atoms with Crippen molar-refractivity contribution in [3.8, 4) is 16.8 Å². The minimum atomic E-state index is 0.240. The maximum Gasteiger partial charge on any atom is 0.0538 e. The lowest BCUT2D eigenvalue weighted by molar-refractivity contribution is 0.825. The van der Waals surface area contributed by atoms with Crippen LogP contribution in [0.25, 0.3) is 44.6 Å². The topological polar surface area (TPSA) is 11.4 Å². The van der Waals surface area contributed by atoms with Crippen molar-refractivity contribution in [3.05, 3.63) is 253 Å². The zero-order valence-corrected chi connectivity index (χ0v) is 33.7. The van der Waals surface area contributed by atoms with Crippen LogP contribution in [0.5, 0.6) is 0 Å². The Bertz CT molecular complexity index is 3060. The molecular formula is C58H43N3. The highest BCUT2D eigenvalue weighted by molar-refractivity contribution is 5.95. The molecule has 9 aromatic carbocycles. The summed E-state index contributed by atoms with van der Waals surface area (Å²) in [5, 5.41) is 3.79. The smallest absolute Gasteiger partial charge is 0.0538 e. The molecule has 0 spiro atoms. The summed E-state index contributed by atoms with van der Waals surface area (Å²) in [7, 11) is 0. The number of hydrogen-bond donors (Lipinski definition) is 0.